The van der Waals surface area contributed by atoms with Crippen molar-refractivity contribution >= 4 is 11.7 Å². The number of Topliss-reactive ketones (excluding diaryl/α,β-unsaturated/α-hetero) is 1. The summed E-state index contributed by atoms with van der Waals surface area (Å²) in [7, 11) is 0. The Bertz CT molecular complexity index is 784. The van der Waals surface area contributed by atoms with Crippen LogP contribution in [0.1, 0.15) is 66.1 Å². The van der Waals surface area contributed by atoms with Crippen LogP contribution in [0.25, 0.3) is 0 Å². The molecular formula is C20H25N3O3. The Hall–Kier alpha value is -2.63. The molecule has 1 aliphatic rings. The van der Waals surface area contributed by atoms with Gasteiger partial charge in [0.25, 0.3) is 5.91 Å². The van der Waals surface area contributed by atoms with Crippen LogP contribution in [-0.4, -0.2) is 39.4 Å². The van der Waals surface area contributed by atoms with Crippen LogP contribution >= 0.6 is 0 Å². The van der Waals surface area contributed by atoms with Crippen molar-refractivity contribution in [1.29, 1.82) is 0 Å². The summed E-state index contributed by atoms with van der Waals surface area (Å²) in [6.45, 7) is 4.71. The zero-order valence-electron chi connectivity index (χ0n) is 15.3. The molecule has 1 N–H and O–H groups in total. The van der Waals surface area contributed by atoms with E-state index in [-0.39, 0.29) is 18.3 Å². The average Bonchev–Trinajstić information content (AvgIpc) is 3.15. The van der Waals surface area contributed by atoms with E-state index in [0.29, 0.717) is 23.0 Å². The Labute approximate surface area is 153 Å². The molecule has 0 aliphatic carbocycles. The molecule has 0 spiro atoms. The van der Waals surface area contributed by atoms with Crippen molar-refractivity contribution in [3.8, 4) is 5.75 Å². The first-order valence-electron chi connectivity index (χ1n) is 9.17. The van der Waals surface area contributed by atoms with Crippen LogP contribution in [0.15, 0.2) is 30.3 Å². The third kappa shape index (κ3) is 4.12. The van der Waals surface area contributed by atoms with Crippen molar-refractivity contribution in [2.75, 3.05) is 6.54 Å². The highest BCUT2D eigenvalue weighted by atomic mass is 16.5. The molecule has 6 nitrogen and oxygen atoms in total. The number of carbonyl (C=O) groups excluding carboxylic acids is 2. The maximum Gasteiger partial charge on any atom is 0.274 e. The van der Waals surface area contributed by atoms with E-state index in [1.165, 1.54) is 13.3 Å². The lowest BCUT2D eigenvalue weighted by atomic mass is 9.99. The Morgan fingerprint density at radius 1 is 1.31 bits per heavy atom. The smallest absolute Gasteiger partial charge is 0.274 e. The van der Waals surface area contributed by atoms with Crippen LogP contribution in [0.4, 0.5) is 0 Å². The molecule has 0 radical (unpaired) electrons. The SMILES string of the molecule is CCC1CCCCN1C(=O)c1cc(COc2cccc(C(C)=O)c2)[nH]n1. The van der Waals surface area contributed by atoms with Crippen LogP contribution in [0, 0.1) is 0 Å². The number of aromatic amines is 1. The fourth-order valence-corrected chi connectivity index (χ4v) is 3.35. The second kappa shape index (κ2) is 8.17. The molecule has 1 amide bonds. The van der Waals surface area contributed by atoms with E-state index in [1.54, 1.807) is 30.3 Å². The first-order valence-corrected chi connectivity index (χ1v) is 9.17. The fraction of sp³-hybridized carbons (Fsp3) is 0.450. The van der Waals surface area contributed by atoms with E-state index in [2.05, 4.69) is 17.1 Å². The first-order chi connectivity index (χ1) is 12.6. The summed E-state index contributed by atoms with van der Waals surface area (Å²) < 4.78 is 5.72. The summed E-state index contributed by atoms with van der Waals surface area (Å²) in [6, 6.07) is 9.11. The van der Waals surface area contributed by atoms with Gasteiger partial charge in [-0.2, -0.15) is 5.10 Å². The van der Waals surface area contributed by atoms with Crippen LogP contribution in [-0.2, 0) is 6.61 Å². The normalized spacial score (nSPS) is 17.2. The number of likely N-dealkylation sites (tertiary alicyclic amines) is 1. The molecule has 0 saturated carbocycles. The third-order valence-corrected chi connectivity index (χ3v) is 4.84. The summed E-state index contributed by atoms with van der Waals surface area (Å²) in [5.74, 6) is 0.594. The molecule has 1 aromatic carbocycles. The Balaban J connectivity index is 1.63. The molecule has 3 rings (SSSR count). The zero-order valence-corrected chi connectivity index (χ0v) is 15.3. The number of benzene rings is 1. The minimum Gasteiger partial charge on any atom is -0.487 e. The number of ether oxygens (including phenoxy) is 1. The number of hydrogen-bond donors (Lipinski definition) is 1. The van der Waals surface area contributed by atoms with E-state index < -0.39 is 0 Å². The van der Waals surface area contributed by atoms with Gasteiger partial charge in [-0.1, -0.05) is 19.1 Å². The Kier molecular flexibility index (Phi) is 5.71. The molecule has 1 fully saturated rings. The van der Waals surface area contributed by atoms with Crippen molar-refractivity contribution < 1.29 is 14.3 Å². The van der Waals surface area contributed by atoms with Crippen molar-refractivity contribution in [3.63, 3.8) is 0 Å². The fourth-order valence-electron chi connectivity index (χ4n) is 3.35. The van der Waals surface area contributed by atoms with Gasteiger partial charge in [-0.3, -0.25) is 14.7 Å². The second-order valence-electron chi connectivity index (χ2n) is 6.71. The van der Waals surface area contributed by atoms with E-state index in [9.17, 15) is 9.59 Å². The summed E-state index contributed by atoms with van der Waals surface area (Å²) in [4.78, 5) is 26.1. The molecule has 6 heteroatoms. The molecule has 1 aromatic heterocycles. The summed E-state index contributed by atoms with van der Waals surface area (Å²) >= 11 is 0. The molecular weight excluding hydrogens is 330 g/mol. The molecule has 26 heavy (non-hydrogen) atoms. The average molecular weight is 355 g/mol. The minimum atomic E-state index is -0.0161. The highest BCUT2D eigenvalue weighted by molar-refractivity contribution is 5.94. The highest BCUT2D eigenvalue weighted by Gasteiger charge is 2.27. The van der Waals surface area contributed by atoms with E-state index >= 15 is 0 Å². The van der Waals surface area contributed by atoms with E-state index in [1.807, 2.05) is 4.90 Å². The number of rotatable bonds is 6. The molecule has 0 bridgehead atoms. The number of aromatic nitrogens is 2. The predicted octanol–water partition coefficient (Wildman–Crippen LogP) is 3.60. The zero-order chi connectivity index (χ0) is 18.5. The maximum atomic E-state index is 12.7. The molecule has 138 valence electrons. The van der Waals surface area contributed by atoms with Crippen molar-refractivity contribution in [3.05, 3.63) is 47.3 Å². The monoisotopic (exact) mass is 355 g/mol. The van der Waals surface area contributed by atoms with Crippen LogP contribution in [0.2, 0.25) is 0 Å². The number of H-pyrrole nitrogens is 1. The van der Waals surface area contributed by atoms with Crippen molar-refractivity contribution in [2.24, 2.45) is 0 Å². The lowest BCUT2D eigenvalue weighted by molar-refractivity contribution is 0.0601. The summed E-state index contributed by atoms with van der Waals surface area (Å²) in [5, 5.41) is 7.04. The largest absolute Gasteiger partial charge is 0.487 e. The molecule has 1 atom stereocenters. The van der Waals surface area contributed by atoms with Crippen molar-refractivity contribution in [1.82, 2.24) is 15.1 Å². The number of amides is 1. The number of ketones is 1. The van der Waals surface area contributed by atoms with Gasteiger partial charge >= 0.3 is 0 Å². The molecule has 1 unspecified atom stereocenters. The number of carbonyl (C=O) groups is 2. The van der Waals surface area contributed by atoms with Gasteiger partial charge in [0, 0.05) is 18.2 Å². The van der Waals surface area contributed by atoms with Crippen LogP contribution < -0.4 is 4.74 Å². The number of piperidine rings is 1. The number of hydrogen-bond acceptors (Lipinski definition) is 4. The molecule has 2 aromatic rings. The van der Waals surface area contributed by atoms with Crippen molar-refractivity contribution in [2.45, 2.75) is 52.2 Å². The Morgan fingerprint density at radius 3 is 2.92 bits per heavy atom. The van der Waals surface area contributed by atoms with Gasteiger partial charge in [0.1, 0.15) is 12.4 Å². The van der Waals surface area contributed by atoms with Gasteiger partial charge < -0.3 is 9.64 Å². The predicted molar refractivity (Wildman–Crippen MR) is 98.3 cm³/mol. The van der Waals surface area contributed by atoms with Gasteiger partial charge in [-0.15, -0.1) is 0 Å². The molecule has 1 saturated heterocycles. The maximum absolute atomic E-state index is 12.7. The summed E-state index contributed by atoms with van der Waals surface area (Å²) in [5.41, 5.74) is 1.77. The standard InChI is InChI=1S/C20H25N3O3/c1-3-17-8-4-5-10-23(17)20(25)19-12-16(21-22-19)13-26-18-9-6-7-15(11-18)14(2)24/h6-7,9,11-12,17H,3-5,8,10,13H2,1-2H3,(H,21,22). The summed E-state index contributed by atoms with van der Waals surface area (Å²) in [6.07, 6.45) is 4.27. The third-order valence-electron chi connectivity index (χ3n) is 4.84. The van der Waals surface area contributed by atoms with Gasteiger partial charge in [0.15, 0.2) is 11.5 Å². The molecule has 1 aliphatic heterocycles. The van der Waals surface area contributed by atoms with E-state index in [0.717, 1.165) is 31.5 Å². The number of nitrogens with zero attached hydrogens (tertiary/aromatic N) is 2. The quantitative estimate of drug-likeness (QED) is 0.804. The van der Waals surface area contributed by atoms with Gasteiger partial charge in [-0.25, -0.2) is 0 Å². The van der Waals surface area contributed by atoms with Gasteiger partial charge in [-0.05, 0) is 50.8 Å². The molecule has 2 heterocycles. The Morgan fingerprint density at radius 2 is 2.15 bits per heavy atom. The van der Waals surface area contributed by atoms with Gasteiger partial charge in [0.2, 0.25) is 0 Å². The number of nitrogens with one attached hydrogen (secondary N) is 1. The topological polar surface area (TPSA) is 75.3 Å². The minimum absolute atomic E-state index is 0.00289. The lowest BCUT2D eigenvalue weighted by Crippen LogP contribution is -2.43. The van der Waals surface area contributed by atoms with Gasteiger partial charge in [0.05, 0.1) is 5.69 Å². The first kappa shape index (κ1) is 18.2. The van der Waals surface area contributed by atoms with Crippen LogP contribution in [0.3, 0.4) is 0 Å². The van der Waals surface area contributed by atoms with Crippen LogP contribution in [0.5, 0.6) is 5.75 Å². The highest BCUT2D eigenvalue weighted by Crippen LogP contribution is 2.22. The lowest BCUT2D eigenvalue weighted by Gasteiger charge is -2.34. The van der Waals surface area contributed by atoms with E-state index in [4.69, 9.17) is 4.74 Å². The second-order valence-corrected chi connectivity index (χ2v) is 6.71.